The number of benzene rings is 1. The molecule has 0 unspecified atom stereocenters. The third-order valence-corrected chi connectivity index (χ3v) is 6.47. The predicted octanol–water partition coefficient (Wildman–Crippen LogP) is 6.02. The van der Waals surface area contributed by atoms with Crippen LogP contribution in [0.25, 0.3) is 0 Å². The molecule has 1 aromatic carbocycles. The molecule has 1 heterocycles. The molecule has 3 rings (SSSR count). The smallest absolute Gasteiger partial charge is 0.313 e. The highest BCUT2D eigenvalue weighted by Gasteiger charge is 2.33. The summed E-state index contributed by atoms with van der Waals surface area (Å²) in [6.45, 7) is 4.22. The van der Waals surface area contributed by atoms with E-state index in [0.29, 0.717) is 12.1 Å². The number of nitrogens with zero attached hydrogens (tertiary/aromatic N) is 1. The first-order valence-corrected chi connectivity index (χ1v) is 10.3. The van der Waals surface area contributed by atoms with Crippen LogP contribution in [0.2, 0.25) is 0 Å². The second-order valence-electron chi connectivity index (χ2n) is 7.14. The first-order chi connectivity index (χ1) is 12.6. The van der Waals surface area contributed by atoms with Gasteiger partial charge in [-0.3, -0.25) is 0 Å². The fraction of sp³-hybridized carbons (Fsp3) is 0.368. The highest BCUT2D eigenvalue weighted by atomic mass is 32.2. The van der Waals surface area contributed by atoms with Crippen molar-refractivity contribution < 1.29 is 22.8 Å². The Hall–Kier alpha value is -1.80. The first-order valence-electron chi connectivity index (χ1n) is 8.21. The number of hydrogen-bond donors (Lipinski definition) is 0. The van der Waals surface area contributed by atoms with Gasteiger partial charge in [0.1, 0.15) is 0 Å². The molecule has 0 amide bonds. The average molecular weight is 413 g/mol. The zero-order valence-electron chi connectivity index (χ0n) is 15.0. The van der Waals surface area contributed by atoms with E-state index in [1.165, 1.54) is 12.1 Å². The predicted molar refractivity (Wildman–Crippen MR) is 102 cm³/mol. The van der Waals surface area contributed by atoms with E-state index in [9.17, 15) is 18.0 Å². The van der Waals surface area contributed by atoms with Crippen LogP contribution in [0.5, 0.6) is 0 Å². The van der Waals surface area contributed by atoms with Gasteiger partial charge in [-0.1, -0.05) is 25.1 Å². The molecule has 0 N–H and O–H groups in total. The van der Waals surface area contributed by atoms with Gasteiger partial charge in [0.05, 0.1) is 21.0 Å². The van der Waals surface area contributed by atoms with Crippen molar-refractivity contribution in [3.63, 3.8) is 0 Å². The molecule has 1 aliphatic carbocycles. The number of alkyl halides is 3. The van der Waals surface area contributed by atoms with E-state index in [4.69, 9.17) is 4.84 Å². The Kier molecular flexibility index (Phi) is 5.40. The van der Waals surface area contributed by atoms with Crippen molar-refractivity contribution in [3.05, 3.63) is 51.9 Å². The first kappa shape index (κ1) is 19.9. The average Bonchev–Trinajstić information content (AvgIpc) is 3.00. The van der Waals surface area contributed by atoms with E-state index < -0.39 is 17.7 Å². The van der Waals surface area contributed by atoms with Crippen LogP contribution in [0.1, 0.15) is 47.3 Å². The standard InChI is InChI=1S/C19H18F3NO2S2/c1-18(2)8-12-10-27-17(26-3)15(12)14(9-18)23-25-16(24)11-5-4-6-13(7-11)19(20,21)22/h4-7,10H,8-9H2,1-3H3. The number of fused-ring (bicyclic) bond motifs is 1. The van der Waals surface area contributed by atoms with Crippen LogP contribution in [0.3, 0.4) is 0 Å². The van der Waals surface area contributed by atoms with Gasteiger partial charge in [0.2, 0.25) is 0 Å². The Bertz CT molecular complexity index is 901. The molecule has 27 heavy (non-hydrogen) atoms. The van der Waals surface area contributed by atoms with Crippen LogP contribution >= 0.6 is 23.1 Å². The maximum absolute atomic E-state index is 12.8. The zero-order chi connectivity index (χ0) is 19.8. The summed E-state index contributed by atoms with van der Waals surface area (Å²) in [6, 6.07) is 4.15. The third-order valence-electron chi connectivity index (χ3n) is 4.29. The summed E-state index contributed by atoms with van der Waals surface area (Å²) in [6.07, 6.45) is -1.02. The van der Waals surface area contributed by atoms with E-state index in [1.807, 2.05) is 6.26 Å². The van der Waals surface area contributed by atoms with Gasteiger partial charge in [0.15, 0.2) is 0 Å². The fourth-order valence-corrected chi connectivity index (χ4v) is 4.93. The topological polar surface area (TPSA) is 38.7 Å². The number of rotatable bonds is 3. The lowest BCUT2D eigenvalue weighted by atomic mass is 9.75. The SMILES string of the molecule is CSc1scc2c1C(=NOC(=O)c1cccc(C(F)(F)F)c1)CC(C)(C)C2. The second kappa shape index (κ2) is 7.31. The van der Waals surface area contributed by atoms with E-state index in [-0.39, 0.29) is 11.0 Å². The quantitative estimate of drug-likeness (QED) is 0.351. The molecular formula is C19H18F3NO2S2. The zero-order valence-corrected chi connectivity index (χ0v) is 16.6. The number of carbonyl (C=O) groups is 1. The molecule has 3 nitrogen and oxygen atoms in total. The minimum absolute atomic E-state index is 0.0365. The summed E-state index contributed by atoms with van der Waals surface area (Å²) >= 11 is 3.22. The van der Waals surface area contributed by atoms with Crippen molar-refractivity contribution in [2.45, 2.75) is 37.1 Å². The molecule has 0 radical (unpaired) electrons. The maximum Gasteiger partial charge on any atom is 0.416 e. The minimum atomic E-state index is -4.52. The van der Waals surface area contributed by atoms with Gasteiger partial charge >= 0.3 is 12.1 Å². The molecule has 1 aromatic heterocycles. The highest BCUT2D eigenvalue weighted by Crippen LogP contribution is 2.42. The molecule has 2 aromatic rings. The number of thioether (sulfide) groups is 1. The van der Waals surface area contributed by atoms with E-state index in [0.717, 1.165) is 33.9 Å². The molecule has 0 saturated heterocycles. The van der Waals surface area contributed by atoms with E-state index in [1.54, 1.807) is 23.1 Å². The van der Waals surface area contributed by atoms with Crippen LogP contribution in [0.4, 0.5) is 13.2 Å². The molecule has 1 aliphatic rings. The van der Waals surface area contributed by atoms with Gasteiger partial charge in [0, 0.05) is 5.56 Å². The third kappa shape index (κ3) is 4.38. The van der Waals surface area contributed by atoms with E-state index in [2.05, 4.69) is 24.4 Å². The Morgan fingerprint density at radius 1 is 1.30 bits per heavy atom. The van der Waals surface area contributed by atoms with Crippen molar-refractivity contribution in [2.75, 3.05) is 6.26 Å². The monoisotopic (exact) mass is 413 g/mol. The summed E-state index contributed by atoms with van der Waals surface area (Å²) in [5.74, 6) is -0.903. The summed E-state index contributed by atoms with van der Waals surface area (Å²) in [4.78, 5) is 17.3. The lowest BCUT2D eigenvalue weighted by molar-refractivity contribution is -0.137. The van der Waals surface area contributed by atoms with Crippen molar-refractivity contribution in [2.24, 2.45) is 10.6 Å². The lowest BCUT2D eigenvalue weighted by Gasteiger charge is -2.30. The molecule has 0 fully saturated rings. The summed E-state index contributed by atoms with van der Waals surface area (Å²) in [5, 5.41) is 6.14. The van der Waals surface area contributed by atoms with Crippen LogP contribution in [0.15, 0.2) is 39.0 Å². The van der Waals surface area contributed by atoms with Gasteiger partial charge < -0.3 is 4.84 Å². The Morgan fingerprint density at radius 3 is 2.70 bits per heavy atom. The molecule has 8 heteroatoms. The Morgan fingerprint density at radius 2 is 2.04 bits per heavy atom. The summed E-state index contributed by atoms with van der Waals surface area (Å²) < 4.78 is 39.6. The number of oxime groups is 1. The number of thiophene rings is 1. The van der Waals surface area contributed by atoms with Gasteiger partial charge in [-0.25, -0.2) is 4.79 Å². The molecule has 0 aliphatic heterocycles. The van der Waals surface area contributed by atoms with Crippen LogP contribution < -0.4 is 0 Å². The van der Waals surface area contributed by atoms with Crippen molar-refractivity contribution in [1.82, 2.24) is 0 Å². The molecule has 0 bridgehead atoms. The maximum atomic E-state index is 12.8. The highest BCUT2D eigenvalue weighted by molar-refractivity contribution is 8.00. The van der Waals surface area contributed by atoms with Gasteiger partial charge in [0.25, 0.3) is 0 Å². The van der Waals surface area contributed by atoms with Crippen molar-refractivity contribution in [3.8, 4) is 0 Å². The second-order valence-corrected chi connectivity index (χ2v) is 9.10. The van der Waals surface area contributed by atoms with Crippen molar-refractivity contribution >= 4 is 34.8 Å². The number of halogens is 3. The van der Waals surface area contributed by atoms with Crippen LogP contribution in [-0.4, -0.2) is 17.9 Å². The van der Waals surface area contributed by atoms with Gasteiger partial charge in [-0.2, -0.15) is 13.2 Å². The minimum Gasteiger partial charge on any atom is -0.313 e. The number of hydrogen-bond acceptors (Lipinski definition) is 5. The summed E-state index contributed by atoms with van der Waals surface area (Å²) in [5.41, 5.74) is 1.70. The fourth-order valence-electron chi connectivity index (χ4n) is 3.13. The number of carbonyl (C=O) groups excluding carboxylic acids is 1. The lowest BCUT2D eigenvalue weighted by Crippen LogP contribution is -2.27. The summed E-state index contributed by atoms with van der Waals surface area (Å²) in [7, 11) is 0. The molecule has 0 spiro atoms. The largest absolute Gasteiger partial charge is 0.416 e. The van der Waals surface area contributed by atoms with Gasteiger partial charge in [-0.15, -0.1) is 23.1 Å². The molecule has 144 valence electrons. The van der Waals surface area contributed by atoms with E-state index >= 15 is 0 Å². The Balaban J connectivity index is 1.88. The van der Waals surface area contributed by atoms with Crippen LogP contribution in [0, 0.1) is 5.41 Å². The van der Waals surface area contributed by atoms with Crippen LogP contribution in [-0.2, 0) is 17.4 Å². The molecule has 0 saturated carbocycles. The normalized spacial score (nSPS) is 17.6. The Labute approximate surface area is 163 Å². The van der Waals surface area contributed by atoms with Gasteiger partial charge in [-0.05, 0) is 53.7 Å². The molecule has 0 atom stereocenters. The van der Waals surface area contributed by atoms with Crippen molar-refractivity contribution in [1.29, 1.82) is 0 Å². The molecular weight excluding hydrogens is 395 g/mol.